The number of anilines is 1. The van der Waals surface area contributed by atoms with Gasteiger partial charge < -0.3 is 10.4 Å². The predicted octanol–water partition coefficient (Wildman–Crippen LogP) is 2.06. The van der Waals surface area contributed by atoms with E-state index in [9.17, 15) is 9.90 Å². The standard InChI is InChI=1S/C15H26N4O2S/c1-2-12-11-22-15(17-12)18-14(21)16-7-3-4-8-19-9-5-6-13(19)10-20/h11,13,20H,2-10H2,1H3,(H2,16,17,18,21). The van der Waals surface area contributed by atoms with Crippen LogP contribution in [0.1, 0.15) is 38.3 Å². The number of aryl methyl sites for hydroxylation is 1. The first kappa shape index (κ1) is 17.2. The maximum absolute atomic E-state index is 11.7. The molecule has 1 aliphatic heterocycles. The topological polar surface area (TPSA) is 77.5 Å². The van der Waals surface area contributed by atoms with Gasteiger partial charge in [-0.3, -0.25) is 10.2 Å². The molecule has 0 aromatic carbocycles. The van der Waals surface area contributed by atoms with Gasteiger partial charge in [0.25, 0.3) is 0 Å². The summed E-state index contributed by atoms with van der Waals surface area (Å²) in [6.45, 7) is 5.05. The van der Waals surface area contributed by atoms with E-state index in [0.29, 0.717) is 17.7 Å². The highest BCUT2D eigenvalue weighted by molar-refractivity contribution is 7.13. The Morgan fingerprint density at radius 2 is 2.41 bits per heavy atom. The number of thiazole rings is 1. The fraction of sp³-hybridized carbons (Fsp3) is 0.733. The van der Waals surface area contributed by atoms with Gasteiger partial charge in [0, 0.05) is 18.0 Å². The third-order valence-electron chi connectivity index (χ3n) is 4.00. The number of aliphatic hydroxyl groups excluding tert-OH is 1. The minimum atomic E-state index is -0.189. The SMILES string of the molecule is CCc1csc(NC(=O)NCCCCN2CCCC2CO)n1. The molecule has 0 aliphatic carbocycles. The molecule has 2 heterocycles. The maximum atomic E-state index is 11.7. The smallest absolute Gasteiger partial charge is 0.321 e. The number of amides is 2. The Morgan fingerprint density at radius 1 is 1.55 bits per heavy atom. The lowest BCUT2D eigenvalue weighted by atomic mass is 10.2. The second-order valence-corrected chi connectivity index (χ2v) is 6.46. The van der Waals surface area contributed by atoms with E-state index >= 15 is 0 Å². The normalized spacial score (nSPS) is 18.5. The number of unbranched alkanes of at least 4 members (excludes halogenated alkanes) is 1. The molecule has 0 bridgehead atoms. The number of nitrogens with zero attached hydrogens (tertiary/aromatic N) is 2. The Hall–Kier alpha value is -1.18. The van der Waals surface area contributed by atoms with Gasteiger partial charge >= 0.3 is 6.03 Å². The van der Waals surface area contributed by atoms with Gasteiger partial charge in [0.1, 0.15) is 0 Å². The summed E-state index contributed by atoms with van der Waals surface area (Å²) in [4.78, 5) is 18.4. The number of urea groups is 1. The number of hydrogen-bond donors (Lipinski definition) is 3. The summed E-state index contributed by atoms with van der Waals surface area (Å²) in [6.07, 6.45) is 5.14. The van der Waals surface area contributed by atoms with Gasteiger partial charge in [-0.2, -0.15) is 0 Å². The molecule has 1 saturated heterocycles. The summed E-state index contributed by atoms with van der Waals surface area (Å²) in [5.74, 6) is 0. The van der Waals surface area contributed by atoms with Gasteiger partial charge in [0.05, 0.1) is 12.3 Å². The minimum absolute atomic E-state index is 0.189. The predicted molar refractivity (Wildman–Crippen MR) is 89.4 cm³/mol. The third-order valence-corrected chi connectivity index (χ3v) is 4.81. The first-order valence-electron chi connectivity index (χ1n) is 8.07. The molecule has 1 atom stereocenters. The van der Waals surface area contributed by atoms with Crippen LogP contribution in [0.15, 0.2) is 5.38 Å². The molecule has 2 amide bonds. The number of likely N-dealkylation sites (tertiary alicyclic amines) is 1. The Balaban J connectivity index is 1.55. The summed E-state index contributed by atoms with van der Waals surface area (Å²) in [5.41, 5.74) is 1.00. The number of rotatable bonds is 8. The molecule has 6 nitrogen and oxygen atoms in total. The zero-order valence-corrected chi connectivity index (χ0v) is 14.0. The summed E-state index contributed by atoms with van der Waals surface area (Å²) < 4.78 is 0. The van der Waals surface area contributed by atoms with E-state index in [-0.39, 0.29) is 12.6 Å². The molecule has 7 heteroatoms. The van der Waals surface area contributed by atoms with Crippen LogP contribution in [0.25, 0.3) is 0 Å². The number of aliphatic hydroxyl groups is 1. The largest absolute Gasteiger partial charge is 0.395 e. The maximum Gasteiger partial charge on any atom is 0.321 e. The van der Waals surface area contributed by atoms with Crippen LogP contribution in [-0.2, 0) is 6.42 Å². The lowest BCUT2D eigenvalue weighted by Gasteiger charge is -2.22. The van der Waals surface area contributed by atoms with E-state index in [1.165, 1.54) is 17.8 Å². The van der Waals surface area contributed by atoms with Crippen molar-refractivity contribution in [1.82, 2.24) is 15.2 Å². The molecule has 0 radical (unpaired) electrons. The van der Waals surface area contributed by atoms with Crippen LogP contribution in [0.4, 0.5) is 9.93 Å². The van der Waals surface area contributed by atoms with Crippen molar-refractivity contribution in [2.45, 2.75) is 45.1 Å². The van der Waals surface area contributed by atoms with Crippen molar-refractivity contribution in [3.63, 3.8) is 0 Å². The highest BCUT2D eigenvalue weighted by Gasteiger charge is 2.22. The molecule has 1 fully saturated rings. The Labute approximate surface area is 135 Å². The number of carbonyl (C=O) groups is 1. The first-order chi connectivity index (χ1) is 10.7. The van der Waals surface area contributed by atoms with E-state index < -0.39 is 0 Å². The first-order valence-corrected chi connectivity index (χ1v) is 8.95. The minimum Gasteiger partial charge on any atom is -0.395 e. The number of hydrogen-bond acceptors (Lipinski definition) is 5. The second kappa shape index (κ2) is 9.07. The van der Waals surface area contributed by atoms with Gasteiger partial charge in [-0.1, -0.05) is 6.92 Å². The van der Waals surface area contributed by atoms with Gasteiger partial charge in [0.2, 0.25) is 0 Å². The van der Waals surface area contributed by atoms with Crippen molar-refractivity contribution in [2.24, 2.45) is 0 Å². The van der Waals surface area contributed by atoms with Crippen molar-refractivity contribution in [1.29, 1.82) is 0 Å². The van der Waals surface area contributed by atoms with E-state index in [1.807, 2.05) is 12.3 Å². The highest BCUT2D eigenvalue weighted by Crippen LogP contribution is 2.17. The summed E-state index contributed by atoms with van der Waals surface area (Å²) in [5, 5.41) is 17.5. The van der Waals surface area contributed by atoms with Gasteiger partial charge in [-0.25, -0.2) is 9.78 Å². The van der Waals surface area contributed by atoms with E-state index in [2.05, 4.69) is 20.5 Å². The Morgan fingerprint density at radius 3 is 3.14 bits per heavy atom. The van der Waals surface area contributed by atoms with E-state index in [0.717, 1.165) is 44.5 Å². The molecule has 1 unspecified atom stereocenters. The monoisotopic (exact) mass is 326 g/mol. The lowest BCUT2D eigenvalue weighted by Crippen LogP contribution is -2.34. The summed E-state index contributed by atoms with van der Waals surface area (Å²) in [6, 6.07) is 0.153. The average molecular weight is 326 g/mol. The quantitative estimate of drug-likeness (QED) is 0.639. The molecule has 3 N–H and O–H groups in total. The Kier molecular flexibility index (Phi) is 7.08. The van der Waals surface area contributed by atoms with Crippen LogP contribution >= 0.6 is 11.3 Å². The van der Waals surface area contributed by atoms with Crippen LogP contribution in [0, 0.1) is 0 Å². The molecule has 1 aromatic rings. The molecule has 0 spiro atoms. The van der Waals surface area contributed by atoms with Crippen molar-refractivity contribution >= 4 is 22.5 Å². The lowest BCUT2D eigenvalue weighted by molar-refractivity contribution is 0.157. The fourth-order valence-electron chi connectivity index (χ4n) is 2.71. The Bertz CT molecular complexity index is 466. The van der Waals surface area contributed by atoms with Crippen LogP contribution in [0.2, 0.25) is 0 Å². The zero-order valence-electron chi connectivity index (χ0n) is 13.2. The summed E-state index contributed by atoms with van der Waals surface area (Å²) in [7, 11) is 0. The van der Waals surface area contributed by atoms with Crippen molar-refractivity contribution in [3.05, 3.63) is 11.1 Å². The van der Waals surface area contributed by atoms with Crippen LogP contribution in [0.3, 0.4) is 0 Å². The molecule has 22 heavy (non-hydrogen) atoms. The molecule has 124 valence electrons. The molecule has 0 saturated carbocycles. The third kappa shape index (κ3) is 5.23. The van der Waals surface area contributed by atoms with Crippen molar-refractivity contribution in [3.8, 4) is 0 Å². The molecular formula is C15H26N4O2S. The molecular weight excluding hydrogens is 300 g/mol. The molecule has 2 rings (SSSR count). The second-order valence-electron chi connectivity index (χ2n) is 5.60. The zero-order chi connectivity index (χ0) is 15.8. The van der Waals surface area contributed by atoms with E-state index in [1.54, 1.807) is 0 Å². The number of nitrogens with one attached hydrogen (secondary N) is 2. The molecule has 1 aromatic heterocycles. The van der Waals surface area contributed by atoms with E-state index in [4.69, 9.17) is 0 Å². The average Bonchev–Trinajstić information content (AvgIpc) is 3.15. The van der Waals surface area contributed by atoms with Crippen LogP contribution in [0.5, 0.6) is 0 Å². The van der Waals surface area contributed by atoms with Crippen LogP contribution < -0.4 is 10.6 Å². The molecule has 1 aliphatic rings. The number of carbonyl (C=O) groups excluding carboxylic acids is 1. The van der Waals surface area contributed by atoms with Gasteiger partial charge in [-0.15, -0.1) is 11.3 Å². The fourth-order valence-corrected chi connectivity index (χ4v) is 3.49. The van der Waals surface area contributed by atoms with Crippen molar-refractivity contribution in [2.75, 3.05) is 31.6 Å². The number of aromatic nitrogens is 1. The van der Waals surface area contributed by atoms with Gasteiger partial charge in [-0.05, 0) is 45.2 Å². The van der Waals surface area contributed by atoms with Gasteiger partial charge in [0.15, 0.2) is 5.13 Å². The van der Waals surface area contributed by atoms with Crippen molar-refractivity contribution < 1.29 is 9.90 Å². The van der Waals surface area contributed by atoms with Crippen LogP contribution in [-0.4, -0.2) is 53.3 Å². The highest BCUT2D eigenvalue weighted by atomic mass is 32.1. The summed E-state index contributed by atoms with van der Waals surface area (Å²) >= 11 is 1.45.